The highest BCUT2D eigenvalue weighted by Crippen LogP contribution is 2.26. The van der Waals surface area contributed by atoms with Gasteiger partial charge in [0.25, 0.3) is 11.6 Å². The molecule has 0 saturated carbocycles. The van der Waals surface area contributed by atoms with Gasteiger partial charge in [-0.25, -0.2) is 0 Å². The molecule has 6 heteroatoms. The molecule has 0 bridgehead atoms. The van der Waals surface area contributed by atoms with Crippen LogP contribution in [0.1, 0.15) is 24.2 Å². The van der Waals surface area contributed by atoms with E-state index in [0.29, 0.717) is 17.4 Å². The van der Waals surface area contributed by atoms with Crippen LogP contribution in [0.15, 0.2) is 18.2 Å². The second-order valence-electron chi connectivity index (χ2n) is 5.20. The van der Waals surface area contributed by atoms with Crippen molar-refractivity contribution in [2.24, 2.45) is 11.8 Å². The predicted molar refractivity (Wildman–Crippen MR) is 71.7 cm³/mol. The standard InChI is InChI=1S/C13H17N3O3/c1-8-6-15(7-9(8)2)13(17)10-3-4-12(16(18)19)11(14)5-10/h3-5,8-9H,6-7,14H2,1-2H3. The number of likely N-dealkylation sites (tertiary alicyclic amines) is 1. The van der Waals surface area contributed by atoms with Crippen molar-refractivity contribution in [3.63, 3.8) is 0 Å². The third-order valence-electron chi connectivity index (χ3n) is 3.75. The molecule has 2 rings (SSSR count). The zero-order chi connectivity index (χ0) is 14.2. The lowest BCUT2D eigenvalue weighted by Gasteiger charge is -2.16. The van der Waals surface area contributed by atoms with Crippen LogP contribution >= 0.6 is 0 Å². The normalized spacial score (nSPS) is 22.5. The average molecular weight is 263 g/mol. The number of nitro groups is 1. The number of benzene rings is 1. The molecule has 1 amide bonds. The lowest BCUT2D eigenvalue weighted by atomic mass is 10.0. The van der Waals surface area contributed by atoms with Crippen molar-refractivity contribution < 1.29 is 9.72 Å². The maximum atomic E-state index is 12.3. The van der Waals surface area contributed by atoms with Crippen LogP contribution in [-0.4, -0.2) is 28.8 Å². The molecular weight excluding hydrogens is 246 g/mol. The summed E-state index contributed by atoms with van der Waals surface area (Å²) in [5, 5.41) is 10.7. The topological polar surface area (TPSA) is 89.5 Å². The van der Waals surface area contributed by atoms with Crippen molar-refractivity contribution in [3.05, 3.63) is 33.9 Å². The molecule has 1 aromatic rings. The van der Waals surface area contributed by atoms with Crippen LogP contribution in [0.4, 0.5) is 11.4 Å². The van der Waals surface area contributed by atoms with Gasteiger partial charge < -0.3 is 10.6 Å². The number of hydrogen-bond donors (Lipinski definition) is 1. The first-order valence-corrected chi connectivity index (χ1v) is 6.23. The molecule has 1 aliphatic rings. The molecule has 1 aliphatic heterocycles. The highest BCUT2D eigenvalue weighted by molar-refractivity contribution is 5.96. The maximum absolute atomic E-state index is 12.3. The number of nitrogens with two attached hydrogens (primary N) is 1. The monoisotopic (exact) mass is 263 g/mol. The van der Waals surface area contributed by atoms with Crippen LogP contribution in [0.25, 0.3) is 0 Å². The lowest BCUT2D eigenvalue weighted by molar-refractivity contribution is -0.383. The fourth-order valence-corrected chi connectivity index (χ4v) is 2.33. The minimum atomic E-state index is -0.552. The first-order valence-electron chi connectivity index (χ1n) is 6.23. The second-order valence-corrected chi connectivity index (χ2v) is 5.20. The van der Waals surface area contributed by atoms with Gasteiger partial charge in [-0.15, -0.1) is 0 Å². The summed E-state index contributed by atoms with van der Waals surface area (Å²) in [5.74, 6) is 0.830. The van der Waals surface area contributed by atoms with Gasteiger partial charge in [0, 0.05) is 24.7 Å². The number of rotatable bonds is 2. The van der Waals surface area contributed by atoms with Crippen LogP contribution in [0.5, 0.6) is 0 Å². The fraction of sp³-hybridized carbons (Fsp3) is 0.462. The summed E-state index contributed by atoms with van der Waals surface area (Å²) in [4.78, 5) is 24.2. The molecule has 1 heterocycles. The van der Waals surface area contributed by atoms with E-state index in [0.717, 1.165) is 13.1 Å². The number of amides is 1. The molecule has 0 aliphatic carbocycles. The minimum Gasteiger partial charge on any atom is -0.393 e. The van der Waals surface area contributed by atoms with Crippen LogP contribution in [0, 0.1) is 22.0 Å². The van der Waals surface area contributed by atoms with Gasteiger partial charge in [-0.1, -0.05) is 13.8 Å². The Morgan fingerprint density at radius 3 is 2.42 bits per heavy atom. The highest BCUT2D eigenvalue weighted by atomic mass is 16.6. The fourth-order valence-electron chi connectivity index (χ4n) is 2.33. The van der Waals surface area contributed by atoms with Gasteiger partial charge in [0.15, 0.2) is 0 Å². The predicted octanol–water partition coefficient (Wildman–Crippen LogP) is 1.91. The van der Waals surface area contributed by atoms with Crippen LogP contribution < -0.4 is 5.73 Å². The largest absolute Gasteiger partial charge is 0.393 e. The van der Waals surface area contributed by atoms with Gasteiger partial charge in [-0.05, 0) is 24.0 Å². The number of carbonyl (C=O) groups excluding carboxylic acids is 1. The Morgan fingerprint density at radius 1 is 1.37 bits per heavy atom. The van der Waals surface area contributed by atoms with Crippen molar-refractivity contribution in [2.75, 3.05) is 18.8 Å². The van der Waals surface area contributed by atoms with E-state index in [1.165, 1.54) is 18.2 Å². The van der Waals surface area contributed by atoms with E-state index in [2.05, 4.69) is 13.8 Å². The van der Waals surface area contributed by atoms with Crippen LogP contribution in [0.3, 0.4) is 0 Å². The summed E-state index contributed by atoms with van der Waals surface area (Å²) >= 11 is 0. The molecule has 102 valence electrons. The molecule has 0 spiro atoms. The highest BCUT2D eigenvalue weighted by Gasteiger charge is 2.30. The molecule has 0 aromatic heterocycles. The summed E-state index contributed by atoms with van der Waals surface area (Å²) in [5.41, 5.74) is 5.87. The Kier molecular flexibility index (Phi) is 3.42. The summed E-state index contributed by atoms with van der Waals surface area (Å²) in [7, 11) is 0. The lowest BCUT2D eigenvalue weighted by Crippen LogP contribution is -2.28. The number of nitro benzene ring substituents is 1. The van der Waals surface area contributed by atoms with Gasteiger partial charge in [0.2, 0.25) is 0 Å². The molecule has 1 fully saturated rings. The molecule has 1 saturated heterocycles. The Hall–Kier alpha value is -2.11. The number of anilines is 1. The summed E-state index contributed by atoms with van der Waals surface area (Å²) in [6, 6.07) is 4.13. The summed E-state index contributed by atoms with van der Waals surface area (Å²) in [6.07, 6.45) is 0. The molecule has 0 radical (unpaired) electrons. The van der Waals surface area contributed by atoms with E-state index in [4.69, 9.17) is 5.73 Å². The van der Waals surface area contributed by atoms with E-state index in [1.54, 1.807) is 4.90 Å². The van der Waals surface area contributed by atoms with Crippen LogP contribution in [0.2, 0.25) is 0 Å². The minimum absolute atomic E-state index is 0.0242. The van der Waals surface area contributed by atoms with E-state index >= 15 is 0 Å². The first kappa shape index (κ1) is 13.3. The van der Waals surface area contributed by atoms with Crippen molar-refractivity contribution in [2.45, 2.75) is 13.8 Å². The van der Waals surface area contributed by atoms with Gasteiger partial charge in [0.05, 0.1) is 4.92 Å². The summed E-state index contributed by atoms with van der Waals surface area (Å²) in [6.45, 7) is 5.66. The quantitative estimate of drug-likeness (QED) is 0.501. The number of hydrogen-bond acceptors (Lipinski definition) is 4. The first-order chi connectivity index (χ1) is 8.90. The molecule has 1 aromatic carbocycles. The Bertz CT molecular complexity index is 520. The third kappa shape index (κ3) is 2.52. The Labute approximate surface area is 111 Å². The van der Waals surface area contributed by atoms with Gasteiger partial charge in [0.1, 0.15) is 5.69 Å². The van der Waals surface area contributed by atoms with E-state index in [-0.39, 0.29) is 17.3 Å². The molecule has 19 heavy (non-hydrogen) atoms. The maximum Gasteiger partial charge on any atom is 0.292 e. The van der Waals surface area contributed by atoms with Gasteiger partial charge in [-0.2, -0.15) is 0 Å². The van der Waals surface area contributed by atoms with Crippen molar-refractivity contribution >= 4 is 17.3 Å². The zero-order valence-electron chi connectivity index (χ0n) is 11.0. The second kappa shape index (κ2) is 4.87. The van der Waals surface area contributed by atoms with Crippen LogP contribution in [-0.2, 0) is 0 Å². The summed E-state index contributed by atoms with van der Waals surface area (Å²) < 4.78 is 0. The molecule has 6 nitrogen and oxygen atoms in total. The van der Waals surface area contributed by atoms with E-state index in [1.807, 2.05) is 0 Å². The van der Waals surface area contributed by atoms with Crippen molar-refractivity contribution in [3.8, 4) is 0 Å². The number of nitrogens with zero attached hydrogens (tertiary/aromatic N) is 2. The Morgan fingerprint density at radius 2 is 1.95 bits per heavy atom. The molecule has 2 atom stereocenters. The van der Waals surface area contributed by atoms with Crippen molar-refractivity contribution in [1.29, 1.82) is 0 Å². The molecule has 2 unspecified atom stereocenters. The SMILES string of the molecule is CC1CN(C(=O)c2ccc([N+](=O)[O-])c(N)c2)CC1C. The average Bonchev–Trinajstić information content (AvgIpc) is 2.68. The van der Waals surface area contributed by atoms with E-state index < -0.39 is 4.92 Å². The van der Waals surface area contributed by atoms with E-state index in [9.17, 15) is 14.9 Å². The van der Waals surface area contributed by atoms with Gasteiger partial charge >= 0.3 is 0 Å². The third-order valence-corrected chi connectivity index (χ3v) is 3.75. The smallest absolute Gasteiger partial charge is 0.292 e. The number of carbonyl (C=O) groups is 1. The molecule has 2 N–H and O–H groups in total. The zero-order valence-corrected chi connectivity index (χ0v) is 11.0. The van der Waals surface area contributed by atoms with Crippen molar-refractivity contribution in [1.82, 2.24) is 4.90 Å². The Balaban J connectivity index is 2.21. The van der Waals surface area contributed by atoms with Gasteiger partial charge in [-0.3, -0.25) is 14.9 Å². The molecular formula is C13H17N3O3. The number of nitrogen functional groups attached to an aromatic ring is 1.